The van der Waals surface area contributed by atoms with E-state index in [1.54, 1.807) is 110 Å². The van der Waals surface area contributed by atoms with Crippen molar-refractivity contribution in [1.29, 1.82) is 0 Å². The summed E-state index contributed by atoms with van der Waals surface area (Å²) >= 11 is 3.19. The van der Waals surface area contributed by atoms with Gasteiger partial charge in [-0.25, -0.2) is 0 Å². The number of amides is 8. The highest BCUT2D eigenvalue weighted by Gasteiger charge is 2.56. The van der Waals surface area contributed by atoms with Crippen LogP contribution in [0.25, 0.3) is 0 Å². The average Bonchev–Trinajstić information content (AvgIpc) is 3.71. The Morgan fingerprint density at radius 1 is 0.554 bits per heavy atom. The second-order valence-corrected chi connectivity index (χ2v) is 23.6. The lowest BCUT2D eigenvalue weighted by Gasteiger charge is -2.35. The van der Waals surface area contributed by atoms with Crippen molar-refractivity contribution in [3.8, 4) is 0 Å². The minimum Gasteiger partial charge on any atom is -0.350 e. The lowest BCUT2D eigenvalue weighted by Crippen LogP contribution is -2.58. The van der Waals surface area contributed by atoms with Crippen LogP contribution >= 0.6 is 23.5 Å². The Balaban J connectivity index is 0.994. The van der Waals surface area contributed by atoms with E-state index in [9.17, 15) is 38.4 Å². The predicted octanol–water partition coefficient (Wildman–Crippen LogP) is 3.00. The maximum atomic E-state index is 14.5. The van der Waals surface area contributed by atoms with Crippen LogP contribution in [0.3, 0.4) is 0 Å². The monoisotopic (exact) mass is 1050 g/mol. The molecule has 20 heteroatoms. The largest absolute Gasteiger partial charge is 0.350 e. The fraction of sp³-hybridized carbons (Fsp3) is 0.519. The average molecular weight is 1050 g/mol. The third kappa shape index (κ3) is 12.7. The minimum atomic E-state index is -1.09. The van der Waals surface area contributed by atoms with Gasteiger partial charge in [-0.3, -0.25) is 38.4 Å². The van der Waals surface area contributed by atoms with Gasteiger partial charge in [0.25, 0.3) is 0 Å². The zero-order valence-corrected chi connectivity index (χ0v) is 45.1. The predicted molar refractivity (Wildman–Crippen MR) is 285 cm³/mol. The molecule has 3 aromatic carbocycles. The zero-order chi connectivity index (χ0) is 53.5. The molecule has 4 aliphatic heterocycles. The van der Waals surface area contributed by atoms with E-state index < -0.39 is 82.8 Å². The lowest BCUT2D eigenvalue weighted by molar-refractivity contribution is -0.144. The second-order valence-electron chi connectivity index (χ2n) is 21.0. The summed E-state index contributed by atoms with van der Waals surface area (Å²) in [6.45, 7) is 11.4. The van der Waals surface area contributed by atoms with Crippen molar-refractivity contribution in [2.45, 2.75) is 139 Å². The Kier molecular flexibility index (Phi) is 18.2. The molecule has 0 aromatic heterocycles. The number of carbonyl (C=O) groups is 8. The first kappa shape index (κ1) is 55.8. The van der Waals surface area contributed by atoms with Gasteiger partial charge in [0.15, 0.2) is 0 Å². The fourth-order valence-corrected chi connectivity index (χ4v) is 13.4. The van der Waals surface area contributed by atoms with Crippen molar-refractivity contribution in [1.82, 2.24) is 52.3 Å². The van der Waals surface area contributed by atoms with Gasteiger partial charge in [0.1, 0.15) is 36.3 Å². The van der Waals surface area contributed by atoms with Gasteiger partial charge < -0.3 is 52.3 Å². The Bertz CT molecular complexity index is 2360. The van der Waals surface area contributed by atoms with Crippen LogP contribution in [-0.4, -0.2) is 130 Å². The first-order valence-corrected chi connectivity index (χ1v) is 27.5. The van der Waals surface area contributed by atoms with Crippen LogP contribution in [0.2, 0.25) is 0 Å². The molecule has 0 radical (unpaired) electrons. The summed E-state index contributed by atoms with van der Waals surface area (Å²) in [7, 11) is 3.34. The molecule has 4 unspecified atom stereocenters. The number of fused-ring (bicyclic) bond motifs is 2. The van der Waals surface area contributed by atoms with E-state index in [2.05, 4.69) is 42.5 Å². The summed E-state index contributed by atoms with van der Waals surface area (Å²) in [4.78, 5) is 115. The van der Waals surface area contributed by atoms with Crippen molar-refractivity contribution in [3.63, 3.8) is 0 Å². The number of nitrogens with zero attached hydrogens (tertiary/aromatic N) is 2. The van der Waals surface area contributed by atoms with Crippen LogP contribution in [-0.2, 0) is 51.4 Å². The molecule has 4 aliphatic rings. The van der Waals surface area contributed by atoms with Gasteiger partial charge in [0, 0.05) is 13.1 Å². The van der Waals surface area contributed by atoms with Crippen molar-refractivity contribution in [3.05, 3.63) is 107 Å². The molecule has 7 rings (SSSR count). The first-order chi connectivity index (χ1) is 35.2. The highest BCUT2D eigenvalue weighted by atomic mass is 32.2. The summed E-state index contributed by atoms with van der Waals surface area (Å²) in [5, 5.41) is 22.9. The topological polar surface area (TPSA) is 239 Å². The Morgan fingerprint density at radius 3 is 1.24 bits per heavy atom. The third-order valence-electron chi connectivity index (χ3n) is 14.7. The molecule has 398 valence electrons. The molecule has 8 N–H and O–H groups in total. The molecular weight excluding hydrogens is 981 g/mol. The smallest absolute Gasteiger partial charge is 0.247 e. The lowest BCUT2D eigenvalue weighted by atomic mass is 9.83. The number of likely N-dealkylation sites (N-methyl/N-ethyl adjacent to an activating group) is 2. The molecule has 0 aliphatic carbocycles. The SMILES string of the molecule is CNC(C)C(=O)N[C@H]1CCS[C@H]2CC(C)(C)[C@@H](C(=O)NC(C(=O)NCc3ccc(CNC(=O)C(NC(=O)[C@H]4N5C(=O)[C@@H](NC(=O)C(C)NC)CCS[C@H]5CC4(C)C)c4ccccc4)cc3)c3ccccc3)N2C1=O. The quantitative estimate of drug-likeness (QED) is 0.0919. The molecular formula is C54H72N10O8S2. The van der Waals surface area contributed by atoms with Crippen LogP contribution in [0, 0.1) is 10.8 Å². The van der Waals surface area contributed by atoms with Crippen molar-refractivity contribution in [2.24, 2.45) is 10.8 Å². The van der Waals surface area contributed by atoms with Crippen LogP contribution in [0.5, 0.6) is 0 Å². The van der Waals surface area contributed by atoms with Crippen LogP contribution in [0.1, 0.15) is 102 Å². The molecule has 0 spiro atoms. The van der Waals surface area contributed by atoms with Gasteiger partial charge in [-0.15, -0.1) is 23.5 Å². The first-order valence-electron chi connectivity index (χ1n) is 25.4. The van der Waals surface area contributed by atoms with Gasteiger partial charge in [-0.1, -0.05) is 113 Å². The molecule has 4 heterocycles. The van der Waals surface area contributed by atoms with Gasteiger partial charge in [-0.05, 0) is 98.2 Å². The van der Waals surface area contributed by atoms with Gasteiger partial charge in [-0.2, -0.15) is 0 Å². The zero-order valence-electron chi connectivity index (χ0n) is 43.5. The number of benzene rings is 3. The van der Waals surface area contributed by atoms with Crippen molar-refractivity contribution in [2.75, 3.05) is 25.6 Å². The third-order valence-corrected chi connectivity index (χ3v) is 17.2. The number of thioether (sulfide) groups is 2. The Morgan fingerprint density at radius 2 is 0.905 bits per heavy atom. The maximum absolute atomic E-state index is 14.5. The number of rotatable bonds is 18. The van der Waals surface area contributed by atoms with Crippen LogP contribution in [0.4, 0.5) is 0 Å². The van der Waals surface area contributed by atoms with Crippen LogP contribution < -0.4 is 42.5 Å². The molecule has 4 fully saturated rings. The number of hydrogen-bond acceptors (Lipinski definition) is 12. The molecule has 10 atom stereocenters. The summed E-state index contributed by atoms with van der Waals surface area (Å²) in [6.07, 6.45) is 1.98. The van der Waals surface area contributed by atoms with E-state index in [4.69, 9.17) is 0 Å². The van der Waals surface area contributed by atoms with E-state index in [-0.39, 0.29) is 47.5 Å². The Hall–Kier alpha value is -5.96. The molecule has 0 saturated carbocycles. The van der Waals surface area contributed by atoms with E-state index in [0.29, 0.717) is 48.3 Å². The number of carbonyl (C=O) groups excluding carboxylic acids is 8. The summed E-state index contributed by atoms with van der Waals surface area (Å²) in [6, 6.07) is 18.5. The van der Waals surface area contributed by atoms with Gasteiger partial charge >= 0.3 is 0 Å². The normalized spacial score (nSPS) is 24.6. The highest BCUT2D eigenvalue weighted by Crippen LogP contribution is 2.48. The molecule has 18 nitrogen and oxygen atoms in total. The molecule has 3 aromatic rings. The molecule has 0 bridgehead atoms. The van der Waals surface area contributed by atoms with Crippen LogP contribution in [0.15, 0.2) is 84.9 Å². The number of hydrogen-bond donors (Lipinski definition) is 8. The summed E-state index contributed by atoms with van der Waals surface area (Å²) in [5.41, 5.74) is 1.35. The fourth-order valence-electron chi connectivity index (χ4n) is 10.3. The van der Waals surface area contributed by atoms with E-state index in [1.807, 2.05) is 64.1 Å². The highest BCUT2D eigenvalue weighted by molar-refractivity contribution is 8.00. The molecule has 4 saturated heterocycles. The van der Waals surface area contributed by atoms with Gasteiger partial charge in [0.2, 0.25) is 47.3 Å². The molecule has 8 amide bonds. The summed E-state index contributed by atoms with van der Waals surface area (Å²) < 4.78 is 0. The van der Waals surface area contributed by atoms with Crippen molar-refractivity contribution >= 4 is 70.8 Å². The van der Waals surface area contributed by atoms with E-state index in [0.717, 1.165) is 11.1 Å². The van der Waals surface area contributed by atoms with Gasteiger partial charge in [0.05, 0.1) is 22.8 Å². The minimum absolute atomic E-state index is 0.121. The molecule has 74 heavy (non-hydrogen) atoms. The van der Waals surface area contributed by atoms with E-state index >= 15 is 0 Å². The Labute approximate surface area is 442 Å². The number of nitrogens with one attached hydrogen (secondary N) is 8. The van der Waals surface area contributed by atoms with Crippen molar-refractivity contribution < 1.29 is 38.4 Å². The van der Waals surface area contributed by atoms with E-state index in [1.165, 1.54) is 0 Å². The maximum Gasteiger partial charge on any atom is 0.247 e. The second kappa shape index (κ2) is 24.1. The standard InChI is InChI=1S/C54H72N10O8S2/c1-31(55-7)45(65)59-37-23-25-73-39-27-53(3,4)43(63(39)51(37)71)49(69)61-41(35-15-11-9-12-16-35)47(67)57-29-33-19-21-34(22-20-33)30-58-48(68)42(36-17-13-10-14-18-36)62-50(70)44-54(5,6)28-40-64(44)52(72)38(24-26-74-40)60-46(66)32(2)56-8/h9-22,31-32,37-44,55-56H,23-30H2,1-8H3,(H,57,67)(H,58,68)(H,59,65)(H,60,66)(H,61,69)(H,62,70)/t31?,32?,37-,38-,39-,40-,41?,42?,43+,44+/m0/s1. The summed E-state index contributed by atoms with van der Waals surface area (Å²) in [5.74, 6) is -1.84.